The topological polar surface area (TPSA) is 34.1 Å². The highest BCUT2D eigenvalue weighted by atomic mass is 35.9. The lowest BCUT2D eigenvalue weighted by Crippen LogP contribution is -1.88. The van der Waals surface area contributed by atoms with Crippen LogP contribution in [0.1, 0.15) is 6.92 Å². The molecule has 0 aromatic carbocycles. The Morgan fingerprint density at radius 2 is 1.20 bits per heavy atom. The fraction of sp³-hybridized carbons (Fsp3) is 1.00. The molecule has 0 bridgehead atoms. The van der Waals surface area contributed by atoms with Gasteiger partial charge in [-0.3, -0.25) is 9.13 Å². The third-order valence-electron chi connectivity index (χ3n) is 0.870. The van der Waals surface area contributed by atoms with E-state index in [-0.39, 0.29) is 0 Å². The average Bonchev–Trinajstić information content (AvgIpc) is 1.59. The molecule has 0 spiro atoms. The zero-order valence-electron chi connectivity index (χ0n) is 4.80. The quantitative estimate of drug-likeness (QED) is 0.678. The average molecular weight is 264 g/mol. The molecule has 0 saturated carbocycles. The van der Waals surface area contributed by atoms with E-state index in [0.717, 1.165) is 0 Å². The first-order valence-corrected chi connectivity index (χ1v) is 9.31. The van der Waals surface area contributed by atoms with E-state index in [1.807, 2.05) is 0 Å². The lowest BCUT2D eigenvalue weighted by atomic mass is 11.0. The van der Waals surface area contributed by atoms with Gasteiger partial charge in [0.05, 0.1) is 0 Å². The molecule has 0 atom stereocenters. The maximum absolute atomic E-state index is 10.8. The molecule has 0 saturated heterocycles. The molecule has 0 aliphatic heterocycles. The highest BCUT2D eigenvalue weighted by Crippen LogP contribution is 2.77. The fourth-order valence-corrected chi connectivity index (χ4v) is 7.44. The number of hydrogen-bond acceptors (Lipinski definition) is 2. The van der Waals surface area contributed by atoms with E-state index in [4.69, 9.17) is 45.0 Å². The summed E-state index contributed by atoms with van der Waals surface area (Å²) in [6, 6.07) is 0. The normalized spacial score (nSPS) is 14.2. The van der Waals surface area contributed by atoms with Gasteiger partial charge in [0.2, 0.25) is 0 Å². The summed E-state index contributed by atoms with van der Waals surface area (Å²) in [5, 5.41) is -1.06. The second kappa shape index (κ2) is 3.56. The van der Waals surface area contributed by atoms with Crippen molar-refractivity contribution >= 4 is 56.7 Å². The zero-order chi connectivity index (χ0) is 8.58. The van der Waals surface area contributed by atoms with Crippen LogP contribution in [-0.2, 0) is 9.13 Å². The van der Waals surface area contributed by atoms with Crippen molar-refractivity contribution in [2.24, 2.45) is 0 Å². The Labute approximate surface area is 78.1 Å². The number of rotatable bonds is 2. The molecule has 0 aliphatic carbocycles. The minimum absolute atomic E-state index is 1.06. The van der Waals surface area contributed by atoms with Gasteiger partial charge in [-0.15, -0.1) is 0 Å². The minimum atomic E-state index is -3.46. The van der Waals surface area contributed by atoms with Crippen LogP contribution in [0.4, 0.5) is 0 Å². The number of halogens is 4. The van der Waals surface area contributed by atoms with Crippen LogP contribution in [0.3, 0.4) is 0 Å². The van der Waals surface area contributed by atoms with E-state index in [9.17, 15) is 9.13 Å². The Morgan fingerprint density at radius 3 is 1.20 bits per heavy atom. The summed E-state index contributed by atoms with van der Waals surface area (Å²) in [7, 11) is 0. The molecule has 62 valence electrons. The summed E-state index contributed by atoms with van der Waals surface area (Å²) >= 11 is 20.6. The van der Waals surface area contributed by atoms with Gasteiger partial charge in [0.1, 0.15) is 5.40 Å². The highest BCUT2D eigenvalue weighted by molar-refractivity contribution is 8.22. The van der Waals surface area contributed by atoms with Gasteiger partial charge in [-0.25, -0.2) is 0 Å². The van der Waals surface area contributed by atoms with Gasteiger partial charge in [-0.1, -0.05) is 0 Å². The van der Waals surface area contributed by atoms with Crippen molar-refractivity contribution in [3.8, 4) is 0 Å². The first-order valence-electron chi connectivity index (χ1n) is 2.14. The third-order valence-corrected chi connectivity index (χ3v) is 9.71. The van der Waals surface area contributed by atoms with Crippen LogP contribution < -0.4 is 0 Å². The first kappa shape index (κ1) is 11.6. The maximum Gasteiger partial charge on any atom is 0.265 e. The van der Waals surface area contributed by atoms with Gasteiger partial charge < -0.3 is 0 Å². The Bertz CT molecular complexity index is 181. The van der Waals surface area contributed by atoms with Gasteiger partial charge in [-0.2, -0.15) is 0 Å². The van der Waals surface area contributed by atoms with Crippen LogP contribution in [0.15, 0.2) is 0 Å². The predicted molar refractivity (Wildman–Crippen MR) is 48.1 cm³/mol. The molecule has 0 heterocycles. The molecule has 2 nitrogen and oxygen atoms in total. The molecule has 0 N–H and O–H groups in total. The van der Waals surface area contributed by atoms with Crippen molar-refractivity contribution in [1.82, 2.24) is 0 Å². The van der Waals surface area contributed by atoms with Crippen molar-refractivity contribution < 1.29 is 9.13 Å². The van der Waals surface area contributed by atoms with Gasteiger partial charge in [0.25, 0.3) is 11.7 Å². The minimum Gasteiger partial charge on any atom is -0.288 e. The summed E-state index contributed by atoms with van der Waals surface area (Å²) in [6.45, 7) is 1.28. The molecule has 0 fully saturated rings. The maximum atomic E-state index is 10.8. The summed E-state index contributed by atoms with van der Waals surface area (Å²) in [6.07, 6.45) is 0. The van der Waals surface area contributed by atoms with E-state index in [1.165, 1.54) is 6.92 Å². The molecule has 10 heavy (non-hydrogen) atoms. The fourth-order valence-electron chi connectivity index (χ4n) is 0.156. The molecular formula is C2H4Cl4O2P2. The Kier molecular flexibility index (Phi) is 4.13. The second-order valence-electron chi connectivity index (χ2n) is 1.64. The molecule has 8 heteroatoms. The van der Waals surface area contributed by atoms with Crippen LogP contribution in [0.5, 0.6) is 0 Å². The Balaban J connectivity index is 4.56. The van der Waals surface area contributed by atoms with Gasteiger partial charge in [-0.05, 0) is 51.9 Å². The largest absolute Gasteiger partial charge is 0.288 e. The van der Waals surface area contributed by atoms with Crippen molar-refractivity contribution in [3.05, 3.63) is 0 Å². The van der Waals surface area contributed by atoms with Crippen LogP contribution in [0.25, 0.3) is 0 Å². The van der Waals surface area contributed by atoms with Crippen LogP contribution in [0.2, 0.25) is 0 Å². The van der Waals surface area contributed by atoms with E-state index >= 15 is 0 Å². The van der Waals surface area contributed by atoms with E-state index in [0.29, 0.717) is 0 Å². The first-order chi connectivity index (χ1) is 4.15. The zero-order valence-corrected chi connectivity index (χ0v) is 9.61. The molecule has 0 amide bonds. The molecule has 0 unspecified atom stereocenters. The lowest BCUT2D eigenvalue weighted by molar-refractivity contribution is 0.582. The SMILES string of the molecule is CC(P(=O)(Cl)Cl)P(=O)(Cl)Cl. The molecule has 0 aromatic heterocycles. The van der Waals surface area contributed by atoms with Crippen molar-refractivity contribution in [3.63, 3.8) is 0 Å². The smallest absolute Gasteiger partial charge is 0.265 e. The lowest BCUT2D eigenvalue weighted by Gasteiger charge is -2.11. The summed E-state index contributed by atoms with van der Waals surface area (Å²) in [4.78, 5) is 0. The van der Waals surface area contributed by atoms with Crippen molar-refractivity contribution in [2.45, 2.75) is 12.3 Å². The predicted octanol–water partition coefficient (Wildman–Crippen LogP) is 4.67. The standard InChI is InChI=1S/C2H4Cl4O2P2/c1-2(9(3,4)7)10(5,6)8/h2H,1H3. The molecule has 0 rings (SSSR count). The summed E-state index contributed by atoms with van der Waals surface area (Å²) in [5.41, 5.74) is 0. The molecule has 0 radical (unpaired) electrons. The van der Waals surface area contributed by atoms with Gasteiger partial charge >= 0.3 is 0 Å². The summed E-state index contributed by atoms with van der Waals surface area (Å²) < 4.78 is 21.5. The van der Waals surface area contributed by atoms with Gasteiger partial charge in [0.15, 0.2) is 0 Å². The second-order valence-corrected chi connectivity index (χ2v) is 12.7. The Morgan fingerprint density at radius 1 is 1.00 bits per heavy atom. The van der Waals surface area contributed by atoms with Crippen LogP contribution >= 0.6 is 56.7 Å². The van der Waals surface area contributed by atoms with Crippen molar-refractivity contribution in [2.75, 3.05) is 0 Å². The number of hydrogen-bond donors (Lipinski definition) is 0. The van der Waals surface area contributed by atoms with Gasteiger partial charge in [0, 0.05) is 0 Å². The van der Waals surface area contributed by atoms with Crippen LogP contribution in [-0.4, -0.2) is 5.40 Å². The highest BCUT2D eigenvalue weighted by Gasteiger charge is 2.37. The van der Waals surface area contributed by atoms with E-state index in [1.54, 1.807) is 0 Å². The van der Waals surface area contributed by atoms with Crippen molar-refractivity contribution in [1.29, 1.82) is 0 Å². The Hall–Kier alpha value is 1.62. The summed E-state index contributed by atoms with van der Waals surface area (Å²) in [5.74, 6) is -6.92. The molecular weight excluding hydrogens is 260 g/mol. The van der Waals surface area contributed by atoms with Crippen LogP contribution in [0, 0.1) is 0 Å². The van der Waals surface area contributed by atoms with E-state index < -0.39 is 17.1 Å². The van der Waals surface area contributed by atoms with E-state index in [2.05, 4.69) is 0 Å². The third kappa shape index (κ3) is 3.85. The molecule has 0 aromatic rings. The monoisotopic (exact) mass is 262 g/mol. The molecule has 0 aliphatic rings.